The normalized spacial score (nSPS) is 20.1. The van der Waals surface area contributed by atoms with Crippen molar-refractivity contribution in [3.8, 4) is 0 Å². The maximum absolute atomic E-state index is 14.0. The van der Waals surface area contributed by atoms with E-state index in [0.717, 1.165) is 41.0 Å². The number of benzene rings is 2. The van der Waals surface area contributed by atoms with Crippen molar-refractivity contribution in [2.45, 2.75) is 51.1 Å². The van der Waals surface area contributed by atoms with E-state index in [9.17, 15) is 14.4 Å². The molecule has 228 valence electrons. The summed E-state index contributed by atoms with van der Waals surface area (Å²) in [6.07, 6.45) is 5.55. The van der Waals surface area contributed by atoms with Crippen molar-refractivity contribution in [3.63, 3.8) is 0 Å². The standard InChI is InChI=1S/C33H42N6O4/c1-43-31(40)20-29-33(42)39(18-15-23-9-3-2-4-10-23)21-25-19-24(13-14-26(25)35-29)32(41)38(17-8-7-16-34)22-30-36-27-11-5-6-12-28(27)37-30/h2-6,9-12,14,24-25,29,35H,7-8,13,15-22,34H2,1H3,(H,36,37). The Morgan fingerprint density at radius 3 is 2.67 bits per heavy atom. The summed E-state index contributed by atoms with van der Waals surface area (Å²) >= 11 is 0. The summed E-state index contributed by atoms with van der Waals surface area (Å²) in [6, 6.07) is 17.2. The van der Waals surface area contributed by atoms with Gasteiger partial charge in [0.05, 0.1) is 31.1 Å². The van der Waals surface area contributed by atoms with Gasteiger partial charge >= 0.3 is 5.97 Å². The largest absolute Gasteiger partial charge is 0.469 e. The Kier molecular flexibility index (Phi) is 10.1. The highest BCUT2D eigenvalue weighted by molar-refractivity contribution is 5.87. The first-order valence-electron chi connectivity index (χ1n) is 15.2. The monoisotopic (exact) mass is 586 g/mol. The third kappa shape index (κ3) is 7.62. The van der Waals surface area contributed by atoms with Gasteiger partial charge in [0.15, 0.2) is 0 Å². The van der Waals surface area contributed by atoms with Gasteiger partial charge in [0.2, 0.25) is 11.8 Å². The van der Waals surface area contributed by atoms with Gasteiger partial charge in [-0.1, -0.05) is 48.5 Å². The molecule has 0 saturated carbocycles. The number of nitrogens with zero attached hydrogens (tertiary/aromatic N) is 3. The molecule has 2 aromatic carbocycles. The SMILES string of the molecule is COC(=O)CC1NC2=CCC(C(=O)N(CCCCN)Cc3nc4ccccc4[nH]3)CC2CN(CCc2ccccc2)C1=O. The van der Waals surface area contributed by atoms with Crippen LogP contribution in [0.3, 0.4) is 0 Å². The Morgan fingerprint density at radius 1 is 1.12 bits per heavy atom. The van der Waals surface area contributed by atoms with Crippen molar-refractivity contribution in [3.05, 3.63) is 77.8 Å². The Morgan fingerprint density at radius 2 is 1.91 bits per heavy atom. The number of unbranched alkanes of at least 4 members (excludes halogenated alkanes) is 1. The molecule has 10 nitrogen and oxygen atoms in total. The molecule has 3 aromatic rings. The number of allylic oxidation sites excluding steroid dienone is 1. The number of hydrogen-bond donors (Lipinski definition) is 3. The number of amides is 2. The summed E-state index contributed by atoms with van der Waals surface area (Å²) in [5.74, 6) is 0.0330. The molecule has 5 rings (SSSR count). The van der Waals surface area contributed by atoms with Crippen molar-refractivity contribution in [1.29, 1.82) is 0 Å². The van der Waals surface area contributed by atoms with E-state index in [1.807, 2.05) is 70.5 Å². The molecular formula is C33H42N6O4. The number of nitrogens with one attached hydrogen (secondary N) is 2. The fourth-order valence-electron chi connectivity index (χ4n) is 6.13. The highest BCUT2D eigenvalue weighted by Gasteiger charge is 2.39. The van der Waals surface area contributed by atoms with Gasteiger partial charge in [0.25, 0.3) is 0 Å². The average molecular weight is 587 g/mol. The summed E-state index contributed by atoms with van der Waals surface area (Å²) in [4.78, 5) is 51.7. The topological polar surface area (TPSA) is 134 Å². The number of aromatic amines is 1. The first-order valence-corrected chi connectivity index (χ1v) is 15.2. The minimum atomic E-state index is -0.701. The second kappa shape index (κ2) is 14.3. The van der Waals surface area contributed by atoms with E-state index >= 15 is 0 Å². The van der Waals surface area contributed by atoms with Gasteiger partial charge in [-0.3, -0.25) is 14.4 Å². The molecule has 1 aliphatic heterocycles. The Hall–Kier alpha value is -4.18. The van der Waals surface area contributed by atoms with E-state index in [-0.39, 0.29) is 30.1 Å². The fourth-order valence-corrected chi connectivity index (χ4v) is 6.13. The zero-order chi connectivity index (χ0) is 30.2. The number of rotatable bonds is 12. The van der Waals surface area contributed by atoms with Gasteiger partial charge in [-0.25, -0.2) is 4.98 Å². The van der Waals surface area contributed by atoms with Crippen LogP contribution in [-0.2, 0) is 32.1 Å². The summed E-state index contributed by atoms with van der Waals surface area (Å²) in [7, 11) is 1.33. The summed E-state index contributed by atoms with van der Waals surface area (Å²) in [6.45, 7) is 2.60. The number of aromatic nitrogens is 2. The van der Waals surface area contributed by atoms with Gasteiger partial charge in [0, 0.05) is 37.2 Å². The predicted molar refractivity (Wildman–Crippen MR) is 164 cm³/mol. The lowest BCUT2D eigenvalue weighted by atomic mass is 9.83. The number of carbonyl (C=O) groups is 3. The molecule has 1 fully saturated rings. The van der Waals surface area contributed by atoms with Crippen molar-refractivity contribution in [2.24, 2.45) is 17.6 Å². The Labute approximate surface area is 252 Å². The van der Waals surface area contributed by atoms with Gasteiger partial charge in [-0.2, -0.15) is 0 Å². The smallest absolute Gasteiger partial charge is 0.308 e. The number of esters is 1. The van der Waals surface area contributed by atoms with Crippen LogP contribution in [0.2, 0.25) is 0 Å². The third-order valence-corrected chi connectivity index (χ3v) is 8.46. The van der Waals surface area contributed by atoms with Crippen LogP contribution >= 0.6 is 0 Å². The number of methoxy groups -OCH3 is 1. The van der Waals surface area contributed by atoms with Gasteiger partial charge in [-0.05, 0) is 56.3 Å². The fraction of sp³-hybridized carbons (Fsp3) is 0.455. The summed E-state index contributed by atoms with van der Waals surface area (Å²) in [5.41, 5.74) is 9.66. The van der Waals surface area contributed by atoms with E-state index in [4.69, 9.17) is 15.5 Å². The van der Waals surface area contributed by atoms with E-state index in [0.29, 0.717) is 52.0 Å². The lowest BCUT2D eigenvalue weighted by molar-refractivity contribution is -0.144. The van der Waals surface area contributed by atoms with Crippen LogP contribution in [0.25, 0.3) is 11.0 Å². The Bertz CT molecular complexity index is 1400. The molecule has 1 aliphatic carbocycles. The number of carbonyl (C=O) groups excluding carboxylic acids is 3. The molecule has 10 heteroatoms. The number of fused-ring (bicyclic) bond motifs is 2. The molecule has 0 radical (unpaired) electrons. The average Bonchev–Trinajstić information content (AvgIpc) is 3.39. The van der Waals surface area contributed by atoms with E-state index < -0.39 is 12.0 Å². The number of H-pyrrole nitrogens is 1. The molecule has 2 heterocycles. The molecule has 1 aromatic heterocycles. The van der Waals surface area contributed by atoms with Crippen molar-refractivity contribution in [2.75, 3.05) is 33.3 Å². The number of hydrogen-bond acceptors (Lipinski definition) is 7. The molecule has 1 saturated heterocycles. The molecule has 4 N–H and O–H groups in total. The number of para-hydroxylation sites is 2. The maximum Gasteiger partial charge on any atom is 0.308 e. The van der Waals surface area contributed by atoms with Crippen LogP contribution in [0.1, 0.15) is 43.5 Å². The first kappa shape index (κ1) is 30.3. The minimum absolute atomic E-state index is 0.0397. The zero-order valence-electron chi connectivity index (χ0n) is 24.8. The summed E-state index contributed by atoms with van der Waals surface area (Å²) in [5, 5.41) is 3.36. The van der Waals surface area contributed by atoms with Crippen LogP contribution in [0, 0.1) is 11.8 Å². The molecule has 2 aliphatic rings. The molecule has 0 bridgehead atoms. The van der Waals surface area contributed by atoms with Crippen molar-refractivity contribution >= 4 is 28.8 Å². The van der Waals surface area contributed by atoms with E-state index in [1.54, 1.807) is 0 Å². The molecule has 3 atom stereocenters. The van der Waals surface area contributed by atoms with E-state index in [1.165, 1.54) is 7.11 Å². The molecule has 3 unspecified atom stereocenters. The van der Waals surface area contributed by atoms with Crippen LogP contribution < -0.4 is 11.1 Å². The molecule has 43 heavy (non-hydrogen) atoms. The van der Waals surface area contributed by atoms with Crippen molar-refractivity contribution in [1.82, 2.24) is 25.1 Å². The highest BCUT2D eigenvalue weighted by atomic mass is 16.5. The molecule has 2 amide bonds. The van der Waals surface area contributed by atoms with Gasteiger partial charge < -0.3 is 30.6 Å². The van der Waals surface area contributed by atoms with E-state index in [2.05, 4.69) is 10.3 Å². The van der Waals surface area contributed by atoms with Crippen LogP contribution in [0.5, 0.6) is 0 Å². The maximum atomic E-state index is 14.0. The van der Waals surface area contributed by atoms with Gasteiger partial charge in [0.1, 0.15) is 11.9 Å². The number of ether oxygens (including phenoxy) is 1. The second-order valence-electron chi connectivity index (χ2n) is 11.5. The zero-order valence-corrected chi connectivity index (χ0v) is 24.8. The second-order valence-corrected chi connectivity index (χ2v) is 11.5. The lowest BCUT2D eigenvalue weighted by Gasteiger charge is -2.33. The quantitative estimate of drug-likeness (QED) is 0.219. The van der Waals surface area contributed by atoms with Crippen molar-refractivity contribution < 1.29 is 19.1 Å². The van der Waals surface area contributed by atoms with Crippen LogP contribution in [0.15, 0.2) is 66.4 Å². The lowest BCUT2D eigenvalue weighted by Crippen LogP contribution is -2.45. The number of nitrogens with two attached hydrogens (primary N) is 1. The molecular weight excluding hydrogens is 544 g/mol. The number of imidazole rings is 1. The minimum Gasteiger partial charge on any atom is -0.469 e. The predicted octanol–water partition coefficient (Wildman–Crippen LogP) is 3.15. The summed E-state index contributed by atoms with van der Waals surface area (Å²) < 4.78 is 4.89. The third-order valence-electron chi connectivity index (χ3n) is 8.46. The van der Waals surface area contributed by atoms with Crippen LogP contribution in [0.4, 0.5) is 0 Å². The van der Waals surface area contributed by atoms with Gasteiger partial charge in [-0.15, -0.1) is 0 Å². The molecule has 0 spiro atoms. The van der Waals surface area contributed by atoms with Crippen LogP contribution in [-0.4, -0.2) is 76.9 Å². The Balaban J connectivity index is 1.33. The highest BCUT2D eigenvalue weighted by Crippen LogP contribution is 2.33. The first-order chi connectivity index (χ1) is 20.9.